The summed E-state index contributed by atoms with van der Waals surface area (Å²) in [5.41, 5.74) is 7.14. The van der Waals surface area contributed by atoms with Crippen LogP contribution in [0.3, 0.4) is 0 Å². The summed E-state index contributed by atoms with van der Waals surface area (Å²) >= 11 is 0. The van der Waals surface area contributed by atoms with Crippen molar-refractivity contribution in [1.82, 2.24) is 4.98 Å². The Hall–Kier alpha value is -4.53. The van der Waals surface area contributed by atoms with E-state index in [4.69, 9.17) is 4.98 Å². The van der Waals surface area contributed by atoms with E-state index in [0.717, 1.165) is 11.3 Å². The molecule has 7 aromatic rings. The third-order valence-electron chi connectivity index (χ3n) is 8.09. The Labute approximate surface area is 236 Å². The average molecular weight is 530 g/mol. The third-order valence-corrected chi connectivity index (χ3v) is 10.1. The van der Waals surface area contributed by atoms with Gasteiger partial charge < -0.3 is 0 Å². The lowest BCUT2D eigenvalue weighted by molar-refractivity contribution is 1.34. The van der Waals surface area contributed by atoms with E-state index in [0.29, 0.717) is 0 Å². The number of hydrogen-bond acceptors (Lipinski definition) is 1. The lowest BCUT2D eigenvalue weighted by Crippen LogP contribution is -2.37. The summed E-state index contributed by atoms with van der Waals surface area (Å²) in [4.78, 5) is 4.87. The van der Waals surface area contributed by atoms with E-state index in [2.05, 4.69) is 153 Å². The van der Waals surface area contributed by atoms with Crippen LogP contribution in [0.25, 0.3) is 65.8 Å². The Morgan fingerprint density at radius 1 is 0.400 bits per heavy atom. The topological polar surface area (TPSA) is 12.9 Å². The Morgan fingerprint density at radius 2 is 0.875 bits per heavy atom. The second-order valence-electron chi connectivity index (χ2n) is 11.7. The maximum absolute atomic E-state index is 4.87. The molecule has 0 aliphatic carbocycles. The van der Waals surface area contributed by atoms with Crippen LogP contribution in [0.4, 0.5) is 0 Å². The maximum Gasteiger partial charge on any atom is 0.0796 e. The Morgan fingerprint density at radius 3 is 1.45 bits per heavy atom. The highest BCUT2D eigenvalue weighted by Gasteiger charge is 2.17. The van der Waals surface area contributed by atoms with Crippen LogP contribution in [0.15, 0.2) is 134 Å². The average Bonchev–Trinajstić information content (AvgIpc) is 3.01. The number of pyridine rings is 1. The highest BCUT2D eigenvalue weighted by molar-refractivity contribution is 6.88. The molecule has 7 rings (SSSR count). The fourth-order valence-electron chi connectivity index (χ4n) is 5.79. The minimum absolute atomic E-state index is 1.03. The summed E-state index contributed by atoms with van der Waals surface area (Å²) in [6.07, 6.45) is 2.08. The fourth-order valence-corrected chi connectivity index (χ4v) is 6.82. The van der Waals surface area contributed by atoms with Crippen molar-refractivity contribution in [3.8, 4) is 33.5 Å². The lowest BCUT2D eigenvalue weighted by Gasteiger charge is -2.16. The molecule has 192 valence electrons. The monoisotopic (exact) mass is 529 g/mol. The lowest BCUT2D eigenvalue weighted by atomic mass is 9.90. The number of hydrogen-bond donors (Lipinski definition) is 0. The van der Waals surface area contributed by atoms with Crippen molar-refractivity contribution in [2.24, 2.45) is 0 Å². The summed E-state index contributed by atoms with van der Waals surface area (Å²) in [5.74, 6) is 0. The van der Waals surface area contributed by atoms with Gasteiger partial charge in [0.05, 0.1) is 13.8 Å². The molecule has 1 nitrogen and oxygen atoms in total. The van der Waals surface area contributed by atoms with Crippen LogP contribution in [0.1, 0.15) is 0 Å². The SMILES string of the molecule is C[Si](C)(C)c1ccc(-c2ccc3c4ccc(-c5ccc(-c6ccccc6)cc5)cc4c4ccccc4c3c2)nc1. The van der Waals surface area contributed by atoms with Crippen LogP contribution in [0, 0.1) is 0 Å². The van der Waals surface area contributed by atoms with Gasteiger partial charge in [-0.05, 0) is 78.0 Å². The van der Waals surface area contributed by atoms with Crippen LogP contribution >= 0.6 is 0 Å². The minimum Gasteiger partial charge on any atom is -0.256 e. The molecule has 0 spiro atoms. The zero-order chi connectivity index (χ0) is 27.3. The standard InChI is InChI=1S/C38H31NSi/c1-40(2,3)31-19-22-38(39-25-31)30-18-21-35-34-20-17-29(23-36(34)32-11-7-8-12-33(32)37(35)24-30)28-15-13-27(14-16-28)26-9-5-4-6-10-26/h4-25H,1-3H3. The fraction of sp³-hybridized carbons (Fsp3) is 0.0789. The van der Waals surface area contributed by atoms with Crippen molar-refractivity contribution >= 4 is 45.6 Å². The molecule has 0 radical (unpaired) electrons. The molecule has 0 unspecified atom stereocenters. The maximum atomic E-state index is 4.87. The molecule has 0 atom stereocenters. The van der Waals surface area contributed by atoms with Crippen LogP contribution in [-0.4, -0.2) is 13.1 Å². The molecular weight excluding hydrogens is 499 g/mol. The van der Waals surface area contributed by atoms with Gasteiger partial charge in [0.2, 0.25) is 0 Å². The van der Waals surface area contributed by atoms with Gasteiger partial charge in [0.1, 0.15) is 0 Å². The van der Waals surface area contributed by atoms with Gasteiger partial charge in [-0.1, -0.05) is 129 Å². The molecule has 0 N–H and O–H groups in total. The summed E-state index contributed by atoms with van der Waals surface area (Å²) in [7, 11) is -1.38. The number of rotatable bonds is 4. The summed E-state index contributed by atoms with van der Waals surface area (Å²) < 4.78 is 0. The first-order valence-electron chi connectivity index (χ1n) is 14.0. The largest absolute Gasteiger partial charge is 0.256 e. The van der Waals surface area contributed by atoms with E-state index < -0.39 is 8.07 Å². The van der Waals surface area contributed by atoms with E-state index in [9.17, 15) is 0 Å². The van der Waals surface area contributed by atoms with Crippen LogP contribution in [0.5, 0.6) is 0 Å². The first kappa shape index (κ1) is 24.5. The molecule has 1 heterocycles. The predicted molar refractivity (Wildman–Crippen MR) is 176 cm³/mol. The Kier molecular flexibility index (Phi) is 5.87. The van der Waals surface area contributed by atoms with Gasteiger partial charge in [0, 0.05) is 11.8 Å². The quantitative estimate of drug-likeness (QED) is 0.163. The molecule has 0 fully saturated rings. The smallest absolute Gasteiger partial charge is 0.0796 e. The van der Waals surface area contributed by atoms with Crippen molar-refractivity contribution in [3.63, 3.8) is 0 Å². The summed E-state index contributed by atoms with van der Waals surface area (Å²) in [6, 6.07) is 46.5. The van der Waals surface area contributed by atoms with Gasteiger partial charge in [0.15, 0.2) is 0 Å². The second kappa shape index (κ2) is 9.58. The van der Waals surface area contributed by atoms with Crippen molar-refractivity contribution < 1.29 is 0 Å². The van der Waals surface area contributed by atoms with Gasteiger partial charge in [-0.15, -0.1) is 0 Å². The second-order valence-corrected chi connectivity index (χ2v) is 16.8. The number of fused-ring (bicyclic) bond motifs is 6. The van der Waals surface area contributed by atoms with E-state index >= 15 is 0 Å². The van der Waals surface area contributed by atoms with E-state index in [1.165, 1.54) is 59.8 Å². The molecule has 6 aromatic carbocycles. The number of aromatic nitrogens is 1. The minimum atomic E-state index is -1.38. The first-order chi connectivity index (χ1) is 19.5. The first-order valence-corrected chi connectivity index (χ1v) is 17.5. The van der Waals surface area contributed by atoms with Crippen molar-refractivity contribution in [3.05, 3.63) is 134 Å². The summed E-state index contributed by atoms with van der Waals surface area (Å²) in [5, 5.41) is 9.08. The van der Waals surface area contributed by atoms with Gasteiger partial charge >= 0.3 is 0 Å². The zero-order valence-electron chi connectivity index (χ0n) is 23.1. The Balaban J connectivity index is 1.35. The molecule has 40 heavy (non-hydrogen) atoms. The highest BCUT2D eigenvalue weighted by atomic mass is 28.3. The van der Waals surface area contributed by atoms with Crippen molar-refractivity contribution in [2.45, 2.75) is 19.6 Å². The molecule has 1 aromatic heterocycles. The third kappa shape index (κ3) is 4.31. The van der Waals surface area contributed by atoms with Crippen molar-refractivity contribution in [2.75, 3.05) is 0 Å². The van der Waals surface area contributed by atoms with Crippen LogP contribution in [0.2, 0.25) is 19.6 Å². The molecule has 0 bridgehead atoms. The predicted octanol–water partition coefficient (Wildman–Crippen LogP) is 10.1. The summed E-state index contributed by atoms with van der Waals surface area (Å²) in [6.45, 7) is 7.09. The van der Waals surface area contributed by atoms with E-state index in [-0.39, 0.29) is 0 Å². The molecule has 0 aliphatic rings. The van der Waals surface area contributed by atoms with Gasteiger partial charge in [-0.2, -0.15) is 0 Å². The number of nitrogens with zero attached hydrogens (tertiary/aromatic N) is 1. The molecule has 0 saturated heterocycles. The van der Waals surface area contributed by atoms with Gasteiger partial charge in [0.25, 0.3) is 0 Å². The van der Waals surface area contributed by atoms with Gasteiger partial charge in [-0.3, -0.25) is 4.98 Å². The van der Waals surface area contributed by atoms with E-state index in [1.807, 2.05) is 0 Å². The molecule has 2 heteroatoms. The molecule has 0 amide bonds. The zero-order valence-corrected chi connectivity index (χ0v) is 24.1. The molecule has 0 aliphatic heterocycles. The van der Waals surface area contributed by atoms with Crippen LogP contribution in [-0.2, 0) is 0 Å². The van der Waals surface area contributed by atoms with Crippen LogP contribution < -0.4 is 5.19 Å². The van der Waals surface area contributed by atoms with Gasteiger partial charge in [-0.25, -0.2) is 0 Å². The van der Waals surface area contributed by atoms with Crippen molar-refractivity contribution in [1.29, 1.82) is 0 Å². The Bertz CT molecular complexity index is 1980. The van der Waals surface area contributed by atoms with E-state index in [1.54, 1.807) is 0 Å². The normalized spacial score (nSPS) is 11.9. The highest BCUT2D eigenvalue weighted by Crippen LogP contribution is 2.38. The molecule has 0 saturated carbocycles. The molecular formula is C38H31NSi. The number of benzene rings is 6.